The normalized spacial score (nSPS) is 21.4. The van der Waals surface area contributed by atoms with Crippen molar-refractivity contribution in [2.45, 2.75) is 80.4 Å². The van der Waals surface area contributed by atoms with E-state index in [2.05, 4.69) is 26.6 Å². The highest BCUT2D eigenvalue weighted by Crippen LogP contribution is 2.38. The number of fused-ring (bicyclic) bond motifs is 2. The molecule has 2 saturated heterocycles. The number of halogens is 3. The van der Waals surface area contributed by atoms with Gasteiger partial charge < -0.3 is 10.2 Å². The van der Waals surface area contributed by atoms with E-state index in [1.54, 1.807) is 11.6 Å². The van der Waals surface area contributed by atoms with Gasteiger partial charge in [0.05, 0.1) is 33.2 Å². The molecule has 3 aliphatic rings. The predicted octanol–water partition coefficient (Wildman–Crippen LogP) is 5.35. The third-order valence-electron chi connectivity index (χ3n) is 11.9. The lowest BCUT2D eigenvalue weighted by Gasteiger charge is -2.37. The second-order valence-corrected chi connectivity index (χ2v) is 17.8. The van der Waals surface area contributed by atoms with Gasteiger partial charge in [-0.3, -0.25) is 33.5 Å². The van der Waals surface area contributed by atoms with Gasteiger partial charge >= 0.3 is 11.9 Å². The number of alkyl halides is 3. The zero-order chi connectivity index (χ0) is 41.1. The van der Waals surface area contributed by atoms with Crippen LogP contribution in [0.15, 0.2) is 64.4 Å². The Bertz CT molecular complexity index is 2620. The fourth-order valence-corrected chi connectivity index (χ4v) is 9.82. The van der Waals surface area contributed by atoms with E-state index in [-0.39, 0.29) is 47.0 Å². The van der Waals surface area contributed by atoms with Gasteiger partial charge in [0.25, 0.3) is 5.91 Å². The molecule has 3 aromatic heterocycles. The summed E-state index contributed by atoms with van der Waals surface area (Å²) in [5.74, 6) is -1.00. The Morgan fingerprint density at radius 1 is 0.966 bits per heavy atom. The molecule has 0 radical (unpaired) electrons. The quantitative estimate of drug-likeness (QED) is 0.196. The molecule has 2 N–H and O–H groups in total. The highest BCUT2D eigenvalue weighted by atomic mass is 32.2. The van der Waals surface area contributed by atoms with Crippen LogP contribution >= 0.6 is 0 Å². The first-order valence-electron chi connectivity index (χ1n) is 19.4. The molecule has 8 rings (SSSR count). The van der Waals surface area contributed by atoms with Crippen molar-refractivity contribution in [2.75, 3.05) is 31.2 Å². The number of imidazole rings is 1. The van der Waals surface area contributed by atoms with Crippen LogP contribution < -0.4 is 16.3 Å². The molecule has 306 valence electrons. The van der Waals surface area contributed by atoms with Crippen molar-refractivity contribution in [3.8, 4) is 0 Å². The molecular formula is C40H43F3N8O6S. The van der Waals surface area contributed by atoms with Crippen molar-refractivity contribution in [1.29, 1.82) is 0 Å². The number of rotatable bonds is 8. The number of likely N-dealkylation sites (tertiary alicyclic amines) is 1. The molecule has 2 aromatic carbocycles. The lowest BCUT2D eigenvalue weighted by molar-refractivity contribution is -0.141. The number of aryl methyl sites for hydroxylation is 1. The van der Waals surface area contributed by atoms with Gasteiger partial charge in [-0.25, -0.2) is 18.2 Å². The number of anilines is 1. The molecule has 5 heterocycles. The fourth-order valence-electron chi connectivity index (χ4n) is 8.98. The molecular weight excluding hydrogens is 778 g/mol. The molecule has 58 heavy (non-hydrogen) atoms. The molecule has 3 amide bonds. The summed E-state index contributed by atoms with van der Waals surface area (Å²) in [6.45, 7) is 2.80. The summed E-state index contributed by atoms with van der Waals surface area (Å²) in [6, 6.07) is 11.0. The van der Waals surface area contributed by atoms with Gasteiger partial charge in [-0.15, -0.1) is 0 Å². The van der Waals surface area contributed by atoms with Crippen LogP contribution in [0.1, 0.15) is 91.1 Å². The summed E-state index contributed by atoms with van der Waals surface area (Å²) < 4.78 is 70.2. The SMILES string of the molecule is Cn1c(=O)n(C2CCC(=O)NC2=O)c2cccc(C3CCN(C[C@H]4CC[C@H](n5cc6cc(NC(=O)c7cccc(C(F)(F)F)n7)c(S(C)(=O)=O)cc6n5)CC4)CC3)c21. The minimum atomic E-state index is -4.75. The first kappa shape index (κ1) is 39.5. The van der Waals surface area contributed by atoms with E-state index >= 15 is 0 Å². The number of aromatic nitrogens is 5. The largest absolute Gasteiger partial charge is 0.433 e. The number of nitrogens with one attached hydrogen (secondary N) is 2. The minimum Gasteiger partial charge on any atom is -0.319 e. The van der Waals surface area contributed by atoms with Crippen molar-refractivity contribution in [3.63, 3.8) is 0 Å². The molecule has 1 saturated carbocycles. The zero-order valence-electron chi connectivity index (χ0n) is 32.0. The number of carbonyl (C=O) groups is 3. The molecule has 0 spiro atoms. The summed E-state index contributed by atoms with van der Waals surface area (Å²) in [6.07, 6.45) is 4.10. The number of sulfone groups is 1. The van der Waals surface area contributed by atoms with E-state index in [4.69, 9.17) is 5.10 Å². The van der Waals surface area contributed by atoms with E-state index < -0.39 is 45.3 Å². The first-order chi connectivity index (χ1) is 27.5. The summed E-state index contributed by atoms with van der Waals surface area (Å²) >= 11 is 0. The number of benzene rings is 2. The van der Waals surface area contributed by atoms with Gasteiger partial charge in [0.15, 0.2) is 9.84 Å². The van der Waals surface area contributed by atoms with Crippen molar-refractivity contribution < 1.29 is 36.0 Å². The van der Waals surface area contributed by atoms with Crippen LogP contribution in [-0.2, 0) is 32.7 Å². The van der Waals surface area contributed by atoms with Gasteiger partial charge in [-0.05, 0) is 106 Å². The number of nitrogens with zero attached hydrogens (tertiary/aromatic N) is 6. The molecule has 1 atom stereocenters. The van der Waals surface area contributed by atoms with Crippen molar-refractivity contribution in [2.24, 2.45) is 13.0 Å². The molecule has 18 heteroatoms. The van der Waals surface area contributed by atoms with Crippen LogP contribution in [0.25, 0.3) is 21.9 Å². The van der Waals surface area contributed by atoms with Crippen LogP contribution in [0.5, 0.6) is 0 Å². The molecule has 1 aliphatic carbocycles. The van der Waals surface area contributed by atoms with E-state index in [9.17, 15) is 40.8 Å². The Balaban J connectivity index is 0.900. The third-order valence-corrected chi connectivity index (χ3v) is 13.1. The minimum absolute atomic E-state index is 0.0717. The van der Waals surface area contributed by atoms with Crippen LogP contribution in [0.3, 0.4) is 0 Å². The van der Waals surface area contributed by atoms with Gasteiger partial charge in [0, 0.05) is 37.9 Å². The van der Waals surface area contributed by atoms with E-state index in [1.807, 2.05) is 23.0 Å². The Hall–Kier alpha value is -5.36. The summed E-state index contributed by atoms with van der Waals surface area (Å²) in [5, 5.41) is 10.1. The lowest BCUT2D eigenvalue weighted by Crippen LogP contribution is -2.44. The maximum Gasteiger partial charge on any atom is 0.433 e. The topological polar surface area (TPSA) is 170 Å². The summed E-state index contributed by atoms with van der Waals surface area (Å²) in [7, 11) is -2.13. The highest BCUT2D eigenvalue weighted by Gasteiger charge is 2.35. The fraction of sp³-hybridized carbons (Fsp3) is 0.450. The average molecular weight is 821 g/mol. The third kappa shape index (κ3) is 7.66. The van der Waals surface area contributed by atoms with Crippen molar-refractivity contribution >= 4 is 55.2 Å². The Morgan fingerprint density at radius 2 is 1.69 bits per heavy atom. The molecule has 2 aliphatic heterocycles. The zero-order valence-corrected chi connectivity index (χ0v) is 32.8. The standard InChI is InChI=1S/C40H43F3N8O6S/c1-48-36-27(5-3-7-31(36)51(39(48)55)32-13-14-35(52)46-38(32)54)24-15-17-49(18-16-24)21-23-9-11-26(12-10-23)50-22-25-19-30(33(58(2,56)57)20-29(25)47-50)45-37(53)28-6-4-8-34(44-28)40(41,42)43/h3-8,19-20,22-24,26,32H,9-18,21H2,1-2H3,(H,45,53)(H,46,52,54)/t23-,26-,32?. The summed E-state index contributed by atoms with van der Waals surface area (Å²) in [5.41, 5.74) is 0.981. The second kappa shape index (κ2) is 15.1. The second-order valence-electron chi connectivity index (χ2n) is 15.8. The van der Waals surface area contributed by atoms with Crippen LogP contribution in [-0.4, -0.2) is 80.8 Å². The molecule has 0 bridgehead atoms. The smallest absolute Gasteiger partial charge is 0.319 e. The van der Waals surface area contributed by atoms with E-state index in [0.717, 1.165) is 93.7 Å². The number of hydrogen-bond donors (Lipinski definition) is 2. The van der Waals surface area contributed by atoms with Gasteiger partial charge in [-0.2, -0.15) is 18.3 Å². The number of para-hydroxylation sites is 1. The maximum atomic E-state index is 13.4. The average Bonchev–Trinajstić information content (AvgIpc) is 3.72. The van der Waals surface area contributed by atoms with Crippen LogP contribution in [0.2, 0.25) is 0 Å². The Labute approximate surface area is 331 Å². The Kier molecular flexibility index (Phi) is 10.3. The number of piperidine rings is 2. The van der Waals surface area contributed by atoms with Crippen molar-refractivity contribution in [3.05, 3.63) is 82.2 Å². The molecule has 1 unspecified atom stereocenters. The Morgan fingerprint density at radius 3 is 2.38 bits per heavy atom. The maximum absolute atomic E-state index is 13.4. The lowest BCUT2D eigenvalue weighted by atomic mass is 9.84. The first-order valence-corrected chi connectivity index (χ1v) is 21.3. The molecule has 3 fully saturated rings. The number of imide groups is 1. The number of amides is 3. The van der Waals surface area contributed by atoms with E-state index in [0.29, 0.717) is 22.3 Å². The highest BCUT2D eigenvalue weighted by molar-refractivity contribution is 7.90. The van der Waals surface area contributed by atoms with Crippen LogP contribution in [0, 0.1) is 5.92 Å². The van der Waals surface area contributed by atoms with Crippen LogP contribution in [0.4, 0.5) is 18.9 Å². The van der Waals surface area contributed by atoms with E-state index in [1.165, 1.54) is 16.7 Å². The van der Waals surface area contributed by atoms with Gasteiger partial charge in [0.2, 0.25) is 11.8 Å². The number of carbonyl (C=O) groups excluding carboxylic acids is 3. The monoisotopic (exact) mass is 820 g/mol. The predicted molar refractivity (Wildman–Crippen MR) is 208 cm³/mol. The number of hydrogen-bond acceptors (Lipinski definition) is 9. The molecule has 14 nitrogen and oxygen atoms in total. The van der Waals surface area contributed by atoms with Crippen molar-refractivity contribution in [1.82, 2.24) is 34.1 Å². The summed E-state index contributed by atoms with van der Waals surface area (Å²) in [4.78, 5) is 56.6. The number of pyridine rings is 1. The van der Waals surface area contributed by atoms with Gasteiger partial charge in [-0.1, -0.05) is 18.2 Å². The van der Waals surface area contributed by atoms with Gasteiger partial charge in [0.1, 0.15) is 17.4 Å². The molecule has 5 aromatic rings.